The van der Waals surface area contributed by atoms with Gasteiger partial charge in [-0.1, -0.05) is 31.0 Å². The number of rotatable bonds is 5. The van der Waals surface area contributed by atoms with Gasteiger partial charge in [0.25, 0.3) is 0 Å². The second-order valence-electron chi connectivity index (χ2n) is 7.65. The van der Waals surface area contributed by atoms with Gasteiger partial charge in [-0.25, -0.2) is 4.68 Å². The first kappa shape index (κ1) is 18.9. The van der Waals surface area contributed by atoms with Crippen LogP contribution in [0, 0.1) is 0 Å². The van der Waals surface area contributed by atoms with Crippen molar-refractivity contribution in [1.82, 2.24) is 30.0 Å². The Morgan fingerprint density at radius 3 is 2.32 bits per heavy atom. The third-order valence-electron chi connectivity index (χ3n) is 5.71. The van der Waals surface area contributed by atoms with E-state index in [2.05, 4.69) is 49.6 Å². The minimum Gasteiger partial charge on any atom is -0.368 e. The Morgan fingerprint density at radius 1 is 0.893 bits per heavy atom. The van der Waals surface area contributed by atoms with E-state index in [4.69, 9.17) is 0 Å². The first-order valence-corrected chi connectivity index (χ1v) is 10.3. The van der Waals surface area contributed by atoms with E-state index in [9.17, 15) is 4.79 Å². The molecule has 0 bridgehead atoms. The Bertz CT molecular complexity index is 747. The average molecular weight is 384 g/mol. The largest absolute Gasteiger partial charge is 0.368 e. The molecule has 8 heteroatoms. The molecule has 0 saturated carbocycles. The fraction of sp³-hybridized carbons (Fsp3) is 0.600. The molecule has 1 aromatic carbocycles. The minimum absolute atomic E-state index is 0.0946. The number of nitrogens with zero attached hydrogens (tertiary/aromatic N) is 7. The molecule has 2 aromatic rings. The minimum atomic E-state index is 0.0946. The van der Waals surface area contributed by atoms with Crippen LogP contribution in [0.3, 0.4) is 0 Å². The first-order chi connectivity index (χ1) is 13.8. The van der Waals surface area contributed by atoms with Crippen LogP contribution in [0.15, 0.2) is 30.3 Å². The normalized spacial score (nSPS) is 18.9. The molecule has 0 unspecified atom stereocenters. The second kappa shape index (κ2) is 9.14. The monoisotopic (exact) mass is 383 g/mol. The Labute approximate surface area is 166 Å². The number of tetrazole rings is 1. The highest BCUT2D eigenvalue weighted by Crippen LogP contribution is 2.16. The van der Waals surface area contributed by atoms with Gasteiger partial charge in [0, 0.05) is 31.9 Å². The van der Waals surface area contributed by atoms with Crippen LogP contribution in [0.5, 0.6) is 0 Å². The average Bonchev–Trinajstić information content (AvgIpc) is 3.00. The van der Waals surface area contributed by atoms with Crippen molar-refractivity contribution in [1.29, 1.82) is 0 Å². The van der Waals surface area contributed by atoms with E-state index in [1.807, 2.05) is 11.0 Å². The van der Waals surface area contributed by atoms with Gasteiger partial charge in [0.15, 0.2) is 5.82 Å². The van der Waals surface area contributed by atoms with E-state index in [0.717, 1.165) is 51.6 Å². The van der Waals surface area contributed by atoms with Crippen molar-refractivity contribution in [2.45, 2.75) is 38.8 Å². The van der Waals surface area contributed by atoms with Crippen LogP contribution in [-0.4, -0.2) is 75.2 Å². The van der Waals surface area contributed by atoms with E-state index in [1.165, 1.54) is 31.4 Å². The molecule has 4 rings (SSSR count). The van der Waals surface area contributed by atoms with Crippen LogP contribution in [0.1, 0.15) is 31.5 Å². The lowest BCUT2D eigenvalue weighted by Crippen LogP contribution is -2.49. The molecule has 0 atom stereocenters. The summed E-state index contributed by atoms with van der Waals surface area (Å²) in [4.78, 5) is 19.4. The summed E-state index contributed by atoms with van der Waals surface area (Å²) in [6, 6.07) is 10.4. The molecule has 1 amide bonds. The van der Waals surface area contributed by atoms with Crippen molar-refractivity contribution >= 4 is 11.6 Å². The molecule has 1 aromatic heterocycles. The summed E-state index contributed by atoms with van der Waals surface area (Å²) in [6.07, 6.45) is 5.06. The van der Waals surface area contributed by atoms with Gasteiger partial charge in [-0.05, 0) is 48.5 Å². The summed E-state index contributed by atoms with van der Waals surface area (Å²) >= 11 is 0. The number of likely N-dealkylation sites (tertiary alicyclic amines) is 1. The van der Waals surface area contributed by atoms with Crippen LogP contribution < -0.4 is 4.90 Å². The lowest BCUT2D eigenvalue weighted by molar-refractivity contribution is -0.132. The molecular formula is C20H29N7O. The molecule has 28 heavy (non-hydrogen) atoms. The molecule has 150 valence electrons. The maximum atomic E-state index is 12.8. The molecular weight excluding hydrogens is 354 g/mol. The van der Waals surface area contributed by atoms with Crippen LogP contribution in [0.4, 0.5) is 5.69 Å². The summed E-state index contributed by atoms with van der Waals surface area (Å²) in [5, 5.41) is 12.1. The lowest BCUT2D eigenvalue weighted by atomic mass is 10.2. The molecule has 2 saturated heterocycles. The van der Waals surface area contributed by atoms with Crippen LogP contribution >= 0.6 is 0 Å². The van der Waals surface area contributed by atoms with Crippen molar-refractivity contribution < 1.29 is 4.79 Å². The quantitative estimate of drug-likeness (QED) is 0.777. The van der Waals surface area contributed by atoms with Crippen molar-refractivity contribution in [3.63, 3.8) is 0 Å². The van der Waals surface area contributed by atoms with Crippen LogP contribution in [-0.2, 0) is 17.9 Å². The van der Waals surface area contributed by atoms with Gasteiger partial charge in [0.1, 0.15) is 6.54 Å². The molecule has 3 heterocycles. The van der Waals surface area contributed by atoms with Gasteiger partial charge >= 0.3 is 0 Å². The van der Waals surface area contributed by atoms with E-state index < -0.39 is 0 Å². The predicted molar refractivity (Wildman–Crippen MR) is 107 cm³/mol. The second-order valence-corrected chi connectivity index (χ2v) is 7.65. The maximum absolute atomic E-state index is 12.8. The lowest BCUT2D eigenvalue weighted by Gasteiger charge is -2.36. The van der Waals surface area contributed by atoms with Gasteiger partial charge in [-0.2, -0.15) is 0 Å². The zero-order chi connectivity index (χ0) is 19.2. The SMILES string of the molecule is O=C(Cn1nnnc1CN1CCCCCC1)N1CCN(c2ccccc2)CC1. The van der Waals surface area contributed by atoms with Crippen molar-refractivity contribution in [2.24, 2.45) is 0 Å². The number of benzene rings is 1. The number of amides is 1. The fourth-order valence-electron chi connectivity index (χ4n) is 4.03. The van der Waals surface area contributed by atoms with Gasteiger partial charge in [-0.15, -0.1) is 5.10 Å². The Morgan fingerprint density at radius 2 is 1.61 bits per heavy atom. The van der Waals surface area contributed by atoms with E-state index in [1.54, 1.807) is 4.68 Å². The number of aromatic nitrogens is 4. The Hall–Kier alpha value is -2.48. The maximum Gasteiger partial charge on any atom is 0.244 e. The Kier molecular flexibility index (Phi) is 6.16. The van der Waals surface area contributed by atoms with Crippen molar-refractivity contribution in [2.75, 3.05) is 44.2 Å². The molecule has 0 radical (unpaired) electrons. The molecule has 0 N–H and O–H groups in total. The highest BCUT2D eigenvalue weighted by atomic mass is 16.2. The number of hydrogen-bond acceptors (Lipinski definition) is 6. The fourth-order valence-corrected chi connectivity index (χ4v) is 4.03. The zero-order valence-electron chi connectivity index (χ0n) is 16.4. The van der Waals surface area contributed by atoms with Crippen LogP contribution in [0.2, 0.25) is 0 Å². The summed E-state index contributed by atoms with van der Waals surface area (Å²) in [7, 11) is 0. The highest BCUT2D eigenvalue weighted by molar-refractivity contribution is 5.76. The van der Waals surface area contributed by atoms with Crippen molar-refractivity contribution in [3.05, 3.63) is 36.2 Å². The summed E-state index contributed by atoms with van der Waals surface area (Å²) < 4.78 is 1.68. The topological polar surface area (TPSA) is 70.4 Å². The Balaban J connectivity index is 1.30. The van der Waals surface area contributed by atoms with Crippen molar-refractivity contribution in [3.8, 4) is 0 Å². The number of carbonyl (C=O) groups is 1. The summed E-state index contributed by atoms with van der Waals surface area (Å²) in [5.41, 5.74) is 1.22. The number of piperazine rings is 1. The first-order valence-electron chi connectivity index (χ1n) is 10.3. The molecule has 0 aliphatic carbocycles. The van der Waals surface area contributed by atoms with Gasteiger partial charge in [-0.3, -0.25) is 9.69 Å². The molecule has 2 fully saturated rings. The van der Waals surface area contributed by atoms with E-state index in [-0.39, 0.29) is 12.5 Å². The smallest absolute Gasteiger partial charge is 0.244 e. The highest BCUT2D eigenvalue weighted by Gasteiger charge is 2.23. The molecule has 8 nitrogen and oxygen atoms in total. The van der Waals surface area contributed by atoms with Gasteiger partial charge < -0.3 is 9.80 Å². The molecule has 2 aliphatic heterocycles. The number of para-hydroxylation sites is 1. The van der Waals surface area contributed by atoms with Gasteiger partial charge in [0.2, 0.25) is 5.91 Å². The number of anilines is 1. The predicted octanol–water partition coefficient (Wildman–Crippen LogP) is 1.40. The number of hydrogen-bond donors (Lipinski definition) is 0. The number of carbonyl (C=O) groups excluding carboxylic acids is 1. The zero-order valence-corrected chi connectivity index (χ0v) is 16.4. The summed E-state index contributed by atoms with van der Waals surface area (Å²) in [6.45, 7) is 6.29. The standard InChI is InChI=1S/C20H29N7O/c28-20(26-14-12-25(13-15-26)18-8-4-3-5-9-18)17-27-19(21-22-23-27)16-24-10-6-1-2-7-11-24/h3-5,8-9H,1-2,6-7,10-17H2. The third-order valence-corrected chi connectivity index (χ3v) is 5.71. The van der Waals surface area contributed by atoms with Gasteiger partial charge in [0.05, 0.1) is 6.54 Å². The van der Waals surface area contributed by atoms with Crippen LogP contribution in [0.25, 0.3) is 0 Å². The third kappa shape index (κ3) is 4.67. The molecule has 0 spiro atoms. The van der Waals surface area contributed by atoms with E-state index in [0.29, 0.717) is 0 Å². The summed E-state index contributed by atoms with van der Waals surface area (Å²) in [5.74, 6) is 0.885. The molecule has 2 aliphatic rings. The van der Waals surface area contributed by atoms with E-state index >= 15 is 0 Å².